The minimum absolute atomic E-state index is 0.0256. The van der Waals surface area contributed by atoms with Gasteiger partial charge in [-0.15, -0.1) is 0 Å². The number of ether oxygens (including phenoxy) is 1. The Bertz CT molecular complexity index is 769. The van der Waals surface area contributed by atoms with E-state index in [0.29, 0.717) is 0 Å². The number of para-hydroxylation sites is 1. The first-order valence-corrected chi connectivity index (χ1v) is 9.73. The molecule has 0 saturated carbocycles. The Morgan fingerprint density at radius 2 is 1.85 bits per heavy atom. The molecule has 1 amide bonds. The summed E-state index contributed by atoms with van der Waals surface area (Å²) < 4.78 is 5.87. The van der Waals surface area contributed by atoms with E-state index in [4.69, 9.17) is 4.74 Å². The van der Waals surface area contributed by atoms with Gasteiger partial charge in [-0.2, -0.15) is 0 Å². The number of carbonyl (C=O) groups excluding carboxylic acids is 1. The summed E-state index contributed by atoms with van der Waals surface area (Å²) in [4.78, 5) is 12.7. The third kappa shape index (κ3) is 4.27. The molecule has 0 bridgehead atoms. The maximum absolute atomic E-state index is 12.7. The van der Waals surface area contributed by atoms with E-state index in [9.17, 15) is 4.79 Å². The molecule has 0 aliphatic heterocycles. The molecule has 1 aliphatic rings. The van der Waals surface area contributed by atoms with E-state index in [1.54, 1.807) is 6.92 Å². The molecule has 3 rings (SSSR count). The zero-order chi connectivity index (χ0) is 18.5. The number of amides is 1. The van der Waals surface area contributed by atoms with Crippen LogP contribution in [0.1, 0.15) is 61.4 Å². The molecule has 2 aromatic rings. The van der Waals surface area contributed by atoms with Crippen molar-refractivity contribution in [3.8, 4) is 5.75 Å². The number of fused-ring (bicyclic) bond motifs is 1. The molecule has 3 nitrogen and oxygen atoms in total. The van der Waals surface area contributed by atoms with Crippen molar-refractivity contribution >= 4 is 5.91 Å². The maximum atomic E-state index is 12.7. The van der Waals surface area contributed by atoms with Crippen LogP contribution in [0.2, 0.25) is 0 Å². The molecule has 0 heterocycles. The van der Waals surface area contributed by atoms with Gasteiger partial charge in [0.25, 0.3) is 5.91 Å². The molecule has 138 valence electrons. The fourth-order valence-electron chi connectivity index (χ4n) is 3.61. The zero-order valence-corrected chi connectivity index (χ0v) is 16.0. The van der Waals surface area contributed by atoms with Crippen LogP contribution in [-0.2, 0) is 17.6 Å². The van der Waals surface area contributed by atoms with Gasteiger partial charge in [-0.05, 0) is 74.3 Å². The second kappa shape index (κ2) is 8.39. The normalized spacial score (nSPS) is 15.7. The number of benzene rings is 2. The van der Waals surface area contributed by atoms with Gasteiger partial charge in [0, 0.05) is 0 Å². The van der Waals surface area contributed by atoms with Gasteiger partial charge < -0.3 is 10.1 Å². The van der Waals surface area contributed by atoms with Crippen molar-refractivity contribution in [1.29, 1.82) is 0 Å². The Kier molecular flexibility index (Phi) is 5.97. The predicted molar refractivity (Wildman–Crippen MR) is 106 cm³/mol. The van der Waals surface area contributed by atoms with Crippen molar-refractivity contribution in [3.63, 3.8) is 0 Å². The smallest absolute Gasteiger partial charge is 0.261 e. The molecule has 2 aromatic carbocycles. The van der Waals surface area contributed by atoms with E-state index < -0.39 is 6.10 Å². The predicted octanol–water partition coefficient (Wildman–Crippen LogP) is 4.91. The van der Waals surface area contributed by atoms with E-state index in [-0.39, 0.29) is 11.9 Å². The number of nitrogens with one attached hydrogen (secondary N) is 1. The van der Waals surface area contributed by atoms with Crippen LogP contribution >= 0.6 is 0 Å². The van der Waals surface area contributed by atoms with E-state index in [1.807, 2.05) is 31.2 Å². The number of aryl methyl sites for hydroxylation is 3. The molecule has 0 saturated heterocycles. The van der Waals surface area contributed by atoms with E-state index in [2.05, 4.69) is 30.4 Å². The fraction of sp³-hybridized carbons (Fsp3) is 0.435. The van der Waals surface area contributed by atoms with Crippen molar-refractivity contribution in [1.82, 2.24) is 5.32 Å². The first-order chi connectivity index (χ1) is 12.6. The average Bonchev–Trinajstić information content (AvgIpc) is 2.67. The summed E-state index contributed by atoms with van der Waals surface area (Å²) in [5.74, 6) is 0.690. The second-order valence-corrected chi connectivity index (χ2v) is 7.23. The molecular weight excluding hydrogens is 322 g/mol. The van der Waals surface area contributed by atoms with Gasteiger partial charge in [0.1, 0.15) is 5.75 Å². The molecule has 1 N–H and O–H groups in total. The van der Waals surface area contributed by atoms with Crippen LogP contribution in [0.25, 0.3) is 0 Å². The third-order valence-electron chi connectivity index (χ3n) is 5.27. The lowest BCUT2D eigenvalue weighted by Gasteiger charge is -2.23. The van der Waals surface area contributed by atoms with Crippen molar-refractivity contribution < 1.29 is 9.53 Å². The van der Waals surface area contributed by atoms with Crippen molar-refractivity contribution in [2.45, 2.75) is 65.0 Å². The first-order valence-electron chi connectivity index (χ1n) is 9.73. The Morgan fingerprint density at radius 1 is 1.12 bits per heavy atom. The highest BCUT2D eigenvalue weighted by atomic mass is 16.5. The van der Waals surface area contributed by atoms with Crippen molar-refractivity contribution in [2.75, 3.05) is 0 Å². The highest BCUT2D eigenvalue weighted by molar-refractivity contribution is 5.81. The molecule has 0 spiro atoms. The molecule has 0 fully saturated rings. The molecular formula is C23H29NO2. The van der Waals surface area contributed by atoms with E-state index >= 15 is 0 Å². The highest BCUT2D eigenvalue weighted by Gasteiger charge is 2.21. The van der Waals surface area contributed by atoms with Gasteiger partial charge in [-0.25, -0.2) is 0 Å². The van der Waals surface area contributed by atoms with Gasteiger partial charge in [-0.1, -0.05) is 43.3 Å². The topological polar surface area (TPSA) is 38.3 Å². The third-order valence-corrected chi connectivity index (χ3v) is 5.27. The minimum atomic E-state index is -0.525. The van der Waals surface area contributed by atoms with Crippen LogP contribution in [0.3, 0.4) is 0 Å². The Morgan fingerprint density at radius 3 is 2.58 bits per heavy atom. The highest BCUT2D eigenvalue weighted by Crippen LogP contribution is 2.26. The largest absolute Gasteiger partial charge is 0.481 e. The molecule has 0 radical (unpaired) electrons. The maximum Gasteiger partial charge on any atom is 0.261 e. The van der Waals surface area contributed by atoms with Gasteiger partial charge in [0.15, 0.2) is 6.10 Å². The van der Waals surface area contributed by atoms with Crippen LogP contribution in [0.5, 0.6) is 5.75 Å². The lowest BCUT2D eigenvalue weighted by atomic mass is 9.89. The van der Waals surface area contributed by atoms with Crippen molar-refractivity contribution in [2.24, 2.45) is 0 Å². The van der Waals surface area contributed by atoms with E-state index in [0.717, 1.165) is 24.2 Å². The standard InChI is InChI=1S/C23H29NO2/c1-4-21(20-14-13-18-10-6-7-11-19(18)15-20)24-23(25)17(3)26-22-12-8-5-9-16(22)2/h5,8-9,12-15,17,21H,4,6-7,10-11H2,1-3H3,(H,24,25)/t17-,21-/m1/s1. The summed E-state index contributed by atoms with van der Waals surface area (Å²) in [6.45, 7) is 5.90. The monoisotopic (exact) mass is 351 g/mol. The molecule has 1 aliphatic carbocycles. The van der Waals surface area contributed by atoms with E-state index in [1.165, 1.54) is 36.0 Å². The molecule has 26 heavy (non-hydrogen) atoms. The molecule has 3 heteroatoms. The van der Waals surface area contributed by atoms with Crippen LogP contribution in [0, 0.1) is 6.92 Å². The summed E-state index contributed by atoms with van der Waals surface area (Å²) in [5.41, 5.74) is 5.15. The molecule has 0 aromatic heterocycles. The molecule has 2 atom stereocenters. The fourth-order valence-corrected chi connectivity index (χ4v) is 3.61. The Hall–Kier alpha value is -2.29. The first kappa shape index (κ1) is 18.5. The summed E-state index contributed by atoms with van der Waals surface area (Å²) in [6, 6.07) is 14.5. The van der Waals surface area contributed by atoms with Crippen LogP contribution < -0.4 is 10.1 Å². The van der Waals surface area contributed by atoms with Gasteiger partial charge >= 0.3 is 0 Å². The zero-order valence-electron chi connectivity index (χ0n) is 16.0. The Labute approximate surface area is 156 Å². The summed E-state index contributed by atoms with van der Waals surface area (Å²) in [5, 5.41) is 3.17. The van der Waals surface area contributed by atoms with Crippen LogP contribution in [0.4, 0.5) is 0 Å². The summed E-state index contributed by atoms with van der Waals surface area (Å²) in [7, 11) is 0. The number of rotatable bonds is 6. The van der Waals surface area contributed by atoms with Gasteiger partial charge in [-0.3, -0.25) is 4.79 Å². The molecule has 0 unspecified atom stereocenters. The second-order valence-electron chi connectivity index (χ2n) is 7.23. The average molecular weight is 351 g/mol. The lowest BCUT2D eigenvalue weighted by Crippen LogP contribution is -2.38. The Balaban J connectivity index is 1.67. The lowest BCUT2D eigenvalue weighted by molar-refractivity contribution is -0.128. The van der Waals surface area contributed by atoms with Crippen LogP contribution in [0.15, 0.2) is 42.5 Å². The van der Waals surface area contributed by atoms with Gasteiger partial charge in [0.05, 0.1) is 6.04 Å². The quantitative estimate of drug-likeness (QED) is 0.803. The minimum Gasteiger partial charge on any atom is -0.481 e. The SMILES string of the molecule is CC[C@@H](NC(=O)[C@@H](C)Oc1ccccc1C)c1ccc2c(c1)CCCC2. The number of hydrogen-bond acceptors (Lipinski definition) is 2. The number of hydrogen-bond donors (Lipinski definition) is 1. The van der Waals surface area contributed by atoms with Crippen molar-refractivity contribution in [3.05, 3.63) is 64.7 Å². The summed E-state index contributed by atoms with van der Waals surface area (Å²) >= 11 is 0. The summed E-state index contributed by atoms with van der Waals surface area (Å²) in [6.07, 6.45) is 5.22. The van der Waals surface area contributed by atoms with Crippen LogP contribution in [-0.4, -0.2) is 12.0 Å². The van der Waals surface area contributed by atoms with Gasteiger partial charge in [0.2, 0.25) is 0 Å². The number of carbonyl (C=O) groups is 1.